The highest BCUT2D eigenvalue weighted by atomic mass is 79.9. The minimum absolute atomic E-state index is 0.0761. The number of carbonyl (C=O) groups excluding carboxylic acids is 3. The predicted molar refractivity (Wildman–Crippen MR) is 128 cm³/mol. The number of carbonyl (C=O) groups is 3. The number of hydrogen-bond donors (Lipinski definition) is 1. The molecule has 1 spiro atoms. The molecule has 0 bridgehead atoms. The minimum atomic E-state index is -1.81. The van der Waals surface area contributed by atoms with E-state index in [4.69, 9.17) is 25.8 Å². The maximum atomic E-state index is 14.2. The SMILES string of the molecule is COc1cc(OC)c2c(c1Cl)O[C@@]1(C(=O)C3=C(C[C@H]1C)NC(=O)CC3c1ccc(Br)cc1)C2=O. The fourth-order valence-corrected chi connectivity index (χ4v) is 5.70. The van der Waals surface area contributed by atoms with Gasteiger partial charge < -0.3 is 19.5 Å². The Labute approximate surface area is 209 Å². The van der Waals surface area contributed by atoms with E-state index < -0.39 is 29.0 Å². The van der Waals surface area contributed by atoms with Crippen LogP contribution in [0.2, 0.25) is 5.02 Å². The Hall–Kier alpha value is -2.84. The van der Waals surface area contributed by atoms with Crippen LogP contribution >= 0.6 is 27.5 Å². The van der Waals surface area contributed by atoms with E-state index in [1.54, 1.807) is 6.92 Å². The van der Waals surface area contributed by atoms with Gasteiger partial charge in [-0.1, -0.05) is 46.6 Å². The molecule has 3 atom stereocenters. The molecular formula is C25H21BrClNO6. The van der Waals surface area contributed by atoms with Crippen molar-refractivity contribution < 1.29 is 28.6 Å². The normalized spacial score (nSPS) is 25.6. The highest BCUT2D eigenvalue weighted by molar-refractivity contribution is 9.10. The second-order valence-corrected chi connectivity index (χ2v) is 9.94. The Morgan fingerprint density at radius 3 is 2.38 bits per heavy atom. The first-order chi connectivity index (χ1) is 16.2. The monoisotopic (exact) mass is 545 g/mol. The van der Waals surface area contributed by atoms with Crippen LogP contribution in [0, 0.1) is 5.92 Å². The molecule has 5 rings (SSSR count). The number of hydrogen-bond acceptors (Lipinski definition) is 6. The molecule has 176 valence electrons. The minimum Gasteiger partial charge on any atom is -0.496 e. The second-order valence-electron chi connectivity index (χ2n) is 8.65. The molecule has 0 aromatic heterocycles. The number of rotatable bonds is 3. The number of benzene rings is 2. The molecule has 0 radical (unpaired) electrons. The first-order valence-corrected chi connectivity index (χ1v) is 11.9. The van der Waals surface area contributed by atoms with Gasteiger partial charge in [-0.15, -0.1) is 0 Å². The van der Waals surface area contributed by atoms with Crippen LogP contribution in [0.3, 0.4) is 0 Å². The van der Waals surface area contributed by atoms with E-state index in [1.165, 1.54) is 20.3 Å². The fourth-order valence-electron chi connectivity index (χ4n) is 5.17. The number of ether oxygens (including phenoxy) is 3. The van der Waals surface area contributed by atoms with Gasteiger partial charge in [0.25, 0.3) is 0 Å². The lowest BCUT2D eigenvalue weighted by Crippen LogP contribution is -2.59. The molecule has 2 aromatic carbocycles. The molecular weight excluding hydrogens is 526 g/mol. The van der Waals surface area contributed by atoms with Crippen molar-refractivity contribution in [3.05, 3.63) is 62.2 Å². The van der Waals surface area contributed by atoms with Crippen LogP contribution in [0.15, 0.2) is 46.1 Å². The number of nitrogens with one attached hydrogen (secondary N) is 1. The van der Waals surface area contributed by atoms with Gasteiger partial charge in [-0.25, -0.2) is 0 Å². The smallest absolute Gasteiger partial charge is 0.236 e. The second kappa shape index (κ2) is 8.13. The van der Waals surface area contributed by atoms with E-state index in [-0.39, 0.29) is 46.6 Å². The summed E-state index contributed by atoms with van der Waals surface area (Å²) in [6, 6.07) is 8.96. The van der Waals surface area contributed by atoms with Gasteiger partial charge in [0, 0.05) is 40.1 Å². The molecule has 0 saturated carbocycles. The van der Waals surface area contributed by atoms with E-state index in [0.717, 1.165) is 10.0 Å². The lowest BCUT2D eigenvalue weighted by Gasteiger charge is -2.41. The average molecular weight is 547 g/mol. The van der Waals surface area contributed by atoms with Crippen molar-refractivity contribution in [2.24, 2.45) is 5.92 Å². The van der Waals surface area contributed by atoms with Crippen molar-refractivity contribution >= 4 is 45.0 Å². The first-order valence-electron chi connectivity index (χ1n) is 10.7. The Bertz CT molecular complexity index is 1290. The molecule has 9 heteroatoms. The average Bonchev–Trinajstić information content (AvgIpc) is 3.13. The maximum Gasteiger partial charge on any atom is 0.236 e. The lowest BCUT2D eigenvalue weighted by atomic mass is 9.66. The highest BCUT2D eigenvalue weighted by Gasteiger charge is 2.63. The third-order valence-electron chi connectivity index (χ3n) is 6.83. The number of Topliss-reactive ketones (excluding diaryl/α,β-unsaturated/α-hetero) is 2. The molecule has 2 heterocycles. The summed E-state index contributed by atoms with van der Waals surface area (Å²) in [7, 11) is 2.87. The van der Waals surface area contributed by atoms with Gasteiger partial charge in [0.2, 0.25) is 23.1 Å². The third kappa shape index (κ3) is 3.11. The standard InChI is InChI=1S/C25H21BrClNO6/c1-11-8-15-19(14(9-18(29)28-15)12-4-6-13(26)7-5-12)23(30)25(11)24(31)20-16(32-2)10-17(33-3)21(27)22(20)34-25/h4-7,10-11,14H,8-9H2,1-3H3,(H,28,29)/t11-,14?,25+/m1/s1. The molecule has 1 unspecified atom stereocenters. The zero-order valence-corrected chi connectivity index (χ0v) is 21.0. The largest absolute Gasteiger partial charge is 0.496 e. The van der Waals surface area contributed by atoms with Gasteiger partial charge in [0.1, 0.15) is 22.1 Å². The topological polar surface area (TPSA) is 90.9 Å². The summed E-state index contributed by atoms with van der Waals surface area (Å²) >= 11 is 9.92. The molecule has 7 nitrogen and oxygen atoms in total. The van der Waals surface area contributed by atoms with Crippen LogP contribution in [0.1, 0.15) is 41.6 Å². The number of methoxy groups -OCH3 is 2. The summed E-state index contributed by atoms with van der Waals surface area (Å²) < 4.78 is 17.8. The summed E-state index contributed by atoms with van der Waals surface area (Å²) in [6.45, 7) is 1.76. The fraction of sp³-hybridized carbons (Fsp3) is 0.320. The van der Waals surface area contributed by atoms with Gasteiger partial charge in [0.05, 0.1) is 14.2 Å². The van der Waals surface area contributed by atoms with Crippen molar-refractivity contribution in [2.75, 3.05) is 14.2 Å². The van der Waals surface area contributed by atoms with Crippen molar-refractivity contribution in [3.63, 3.8) is 0 Å². The number of fused-ring (bicyclic) bond motifs is 1. The number of allylic oxidation sites excluding steroid dienone is 1. The predicted octanol–water partition coefficient (Wildman–Crippen LogP) is 4.60. The van der Waals surface area contributed by atoms with Crippen molar-refractivity contribution in [2.45, 2.75) is 31.3 Å². The van der Waals surface area contributed by atoms with Gasteiger partial charge in [-0.3, -0.25) is 14.4 Å². The van der Waals surface area contributed by atoms with Gasteiger partial charge in [-0.05, 0) is 24.1 Å². The van der Waals surface area contributed by atoms with Crippen molar-refractivity contribution in [1.29, 1.82) is 0 Å². The van der Waals surface area contributed by atoms with E-state index in [0.29, 0.717) is 11.3 Å². The molecule has 3 aliphatic rings. The quantitative estimate of drug-likeness (QED) is 0.566. The van der Waals surface area contributed by atoms with Crippen LogP contribution in [-0.2, 0) is 9.59 Å². The van der Waals surface area contributed by atoms with Crippen LogP contribution < -0.4 is 19.5 Å². The summed E-state index contributed by atoms with van der Waals surface area (Å²) in [5, 5.41) is 2.96. The summed E-state index contributed by atoms with van der Waals surface area (Å²) in [4.78, 5) is 40.7. The molecule has 1 amide bonds. The Balaban J connectivity index is 1.67. The van der Waals surface area contributed by atoms with E-state index >= 15 is 0 Å². The van der Waals surface area contributed by atoms with Gasteiger partial charge in [-0.2, -0.15) is 0 Å². The van der Waals surface area contributed by atoms with Crippen LogP contribution in [0.4, 0.5) is 0 Å². The Kier molecular flexibility index (Phi) is 5.48. The molecule has 34 heavy (non-hydrogen) atoms. The molecule has 2 aromatic rings. The van der Waals surface area contributed by atoms with Crippen molar-refractivity contribution in [3.8, 4) is 17.2 Å². The van der Waals surface area contributed by atoms with Crippen LogP contribution in [0.5, 0.6) is 17.2 Å². The van der Waals surface area contributed by atoms with E-state index in [2.05, 4.69) is 21.2 Å². The summed E-state index contributed by atoms with van der Waals surface area (Å²) in [5.74, 6) is -1.62. The van der Waals surface area contributed by atoms with E-state index in [1.807, 2.05) is 24.3 Å². The Morgan fingerprint density at radius 2 is 1.74 bits per heavy atom. The van der Waals surface area contributed by atoms with Crippen molar-refractivity contribution in [1.82, 2.24) is 5.32 Å². The number of ketones is 2. The third-order valence-corrected chi connectivity index (χ3v) is 7.72. The molecule has 0 fully saturated rings. The molecule has 2 aliphatic heterocycles. The highest BCUT2D eigenvalue weighted by Crippen LogP contribution is 2.55. The molecule has 1 aliphatic carbocycles. The molecule has 1 N–H and O–H groups in total. The zero-order valence-electron chi connectivity index (χ0n) is 18.7. The van der Waals surface area contributed by atoms with Crippen LogP contribution in [-0.4, -0.2) is 37.3 Å². The van der Waals surface area contributed by atoms with Gasteiger partial charge in [0.15, 0.2) is 5.75 Å². The number of halogens is 2. The lowest BCUT2D eigenvalue weighted by molar-refractivity contribution is -0.131. The summed E-state index contributed by atoms with van der Waals surface area (Å²) in [6.07, 6.45) is 0.381. The molecule has 0 saturated heterocycles. The van der Waals surface area contributed by atoms with E-state index in [9.17, 15) is 14.4 Å². The van der Waals surface area contributed by atoms with Crippen LogP contribution in [0.25, 0.3) is 0 Å². The zero-order chi connectivity index (χ0) is 24.4. The maximum absolute atomic E-state index is 14.2. The number of amides is 1. The van der Waals surface area contributed by atoms with Gasteiger partial charge >= 0.3 is 0 Å². The first kappa shape index (κ1) is 22.9. The Morgan fingerprint density at radius 1 is 1.06 bits per heavy atom. The summed E-state index contributed by atoms with van der Waals surface area (Å²) in [5.41, 5.74) is 0.0556.